The predicted molar refractivity (Wildman–Crippen MR) is 221 cm³/mol. The van der Waals surface area contributed by atoms with Gasteiger partial charge in [-0.3, -0.25) is 0 Å². The molecular formula is C31H90O7Si6. The highest BCUT2D eigenvalue weighted by Crippen LogP contribution is 2.32. The first kappa shape index (κ1) is 70.7. The van der Waals surface area contributed by atoms with Crippen molar-refractivity contribution < 1.29 is 30.5 Å². The van der Waals surface area contributed by atoms with Crippen molar-refractivity contribution in [3.8, 4) is 0 Å². The lowest BCUT2D eigenvalue weighted by Gasteiger charge is -2.45. The molecule has 0 heterocycles. The molecule has 280 valence electrons. The minimum atomic E-state index is -3.03. The molecule has 0 amide bonds. The SMILES string of the molecule is C.C.C.C.C.C.C.C.C=C.CCCCC(O)C[Si](C)(O[Si](C)(C)O[Si](C)(C)C)O[Si](C)(CC(C)=O)O[Si](C)(C)O[Si](C)(C)C. The van der Waals surface area contributed by atoms with E-state index in [9.17, 15) is 9.90 Å². The highest BCUT2D eigenvalue weighted by molar-refractivity contribution is 6.92. The van der Waals surface area contributed by atoms with Gasteiger partial charge < -0.3 is 30.5 Å². The Morgan fingerprint density at radius 1 is 0.614 bits per heavy atom. The molecule has 0 fully saturated rings. The Bertz CT molecular complexity index is 671. The molecule has 0 aliphatic carbocycles. The molecule has 0 rings (SSSR count). The van der Waals surface area contributed by atoms with Gasteiger partial charge in [-0.15, -0.1) is 13.2 Å². The lowest BCUT2D eigenvalue weighted by atomic mass is 10.2. The molecule has 13 heteroatoms. The summed E-state index contributed by atoms with van der Waals surface area (Å²) in [6.45, 7) is 34.7. The molecule has 0 aromatic rings. The molecule has 0 saturated heterocycles. The highest BCUT2D eigenvalue weighted by atomic mass is 28.5. The Labute approximate surface area is 288 Å². The summed E-state index contributed by atoms with van der Waals surface area (Å²) < 4.78 is 33.3. The van der Waals surface area contributed by atoms with Gasteiger partial charge in [0.25, 0.3) is 0 Å². The zero-order chi connectivity index (χ0) is 29.2. The number of carbonyl (C=O) groups excluding carboxylic acids is 1. The van der Waals surface area contributed by atoms with E-state index in [4.69, 9.17) is 20.6 Å². The molecule has 7 nitrogen and oxygen atoms in total. The summed E-state index contributed by atoms with van der Waals surface area (Å²) in [6, 6.07) is 0.658. The fourth-order valence-corrected chi connectivity index (χ4v) is 33.8. The lowest BCUT2D eigenvalue weighted by Crippen LogP contribution is -2.62. The van der Waals surface area contributed by atoms with E-state index in [1.165, 1.54) is 0 Å². The molecular weight excluding hydrogens is 653 g/mol. The van der Waals surface area contributed by atoms with Crippen LogP contribution in [0.15, 0.2) is 13.2 Å². The number of aliphatic hydroxyl groups excluding tert-OH is 1. The maximum atomic E-state index is 12.3. The topological polar surface area (TPSA) is 83.5 Å². The summed E-state index contributed by atoms with van der Waals surface area (Å²) in [5.41, 5.74) is 0. The zero-order valence-electron chi connectivity index (χ0n) is 25.9. The summed E-state index contributed by atoms with van der Waals surface area (Å²) in [6.07, 6.45) is 2.14. The van der Waals surface area contributed by atoms with Gasteiger partial charge in [0.15, 0.2) is 16.6 Å². The summed E-state index contributed by atoms with van der Waals surface area (Å²) in [4.78, 5) is 12.3. The van der Waals surface area contributed by atoms with Gasteiger partial charge in [0.2, 0.25) is 0 Å². The van der Waals surface area contributed by atoms with Crippen molar-refractivity contribution in [2.45, 2.75) is 189 Å². The van der Waals surface area contributed by atoms with Crippen LogP contribution in [0.4, 0.5) is 0 Å². The number of hydrogen-bond donors (Lipinski definition) is 1. The number of unbranched alkanes of at least 4 members (excludes halogenated alkanes) is 1. The molecule has 0 aromatic heterocycles. The Balaban J connectivity index is -0.000000141. The Morgan fingerprint density at radius 3 is 1.20 bits per heavy atom. The van der Waals surface area contributed by atoms with Gasteiger partial charge in [-0.1, -0.05) is 79.2 Å². The maximum Gasteiger partial charge on any atom is 0.324 e. The van der Waals surface area contributed by atoms with E-state index < -0.39 is 57.0 Å². The number of Topliss-reactive ketones (excluding diaryl/α,β-unsaturated/α-hetero) is 1. The van der Waals surface area contributed by atoms with Crippen LogP contribution < -0.4 is 0 Å². The summed E-state index contributed by atoms with van der Waals surface area (Å²) in [7, 11) is -14.8. The third-order valence-corrected chi connectivity index (χ3v) is 26.6. The van der Waals surface area contributed by atoms with E-state index in [1.807, 2.05) is 26.2 Å². The first-order chi connectivity index (χ1) is 15.9. The van der Waals surface area contributed by atoms with Crippen LogP contribution in [-0.4, -0.2) is 67.9 Å². The molecule has 0 aliphatic heterocycles. The molecule has 0 aromatic carbocycles. The van der Waals surface area contributed by atoms with Crippen molar-refractivity contribution in [2.24, 2.45) is 0 Å². The van der Waals surface area contributed by atoms with Crippen LogP contribution in [0.1, 0.15) is 92.5 Å². The van der Waals surface area contributed by atoms with Gasteiger partial charge in [-0.05, 0) is 91.9 Å². The summed E-state index contributed by atoms with van der Waals surface area (Å²) in [5.74, 6) is 0.0321. The van der Waals surface area contributed by atoms with E-state index >= 15 is 0 Å². The second-order valence-electron chi connectivity index (χ2n) is 12.7. The van der Waals surface area contributed by atoms with Gasteiger partial charge in [-0.25, -0.2) is 0 Å². The van der Waals surface area contributed by atoms with Gasteiger partial charge in [0, 0.05) is 12.1 Å². The molecule has 1 N–H and O–H groups in total. The van der Waals surface area contributed by atoms with Crippen LogP contribution in [0.2, 0.25) is 90.7 Å². The number of carbonyl (C=O) groups is 1. The van der Waals surface area contributed by atoms with Crippen LogP contribution in [0.25, 0.3) is 0 Å². The second-order valence-corrected chi connectivity index (χ2v) is 36.1. The largest absolute Gasteiger partial charge is 0.437 e. The average Bonchev–Trinajstić information content (AvgIpc) is 2.53. The van der Waals surface area contributed by atoms with Crippen LogP contribution >= 0.6 is 0 Å². The van der Waals surface area contributed by atoms with E-state index in [1.54, 1.807) is 6.92 Å². The van der Waals surface area contributed by atoms with Crippen LogP contribution in [0.5, 0.6) is 0 Å². The molecule has 0 spiro atoms. The molecule has 0 radical (unpaired) electrons. The van der Waals surface area contributed by atoms with Crippen molar-refractivity contribution in [3.05, 3.63) is 13.2 Å². The fraction of sp³-hybridized carbons (Fsp3) is 0.903. The first-order valence-corrected chi connectivity index (χ1v) is 30.6. The number of aliphatic hydroxyl groups is 1. The van der Waals surface area contributed by atoms with Crippen molar-refractivity contribution in [3.63, 3.8) is 0 Å². The summed E-state index contributed by atoms with van der Waals surface area (Å²) >= 11 is 0. The van der Waals surface area contributed by atoms with Crippen LogP contribution in [0.3, 0.4) is 0 Å². The van der Waals surface area contributed by atoms with Crippen LogP contribution in [-0.2, 0) is 25.4 Å². The quantitative estimate of drug-likeness (QED) is 0.117. The summed E-state index contributed by atoms with van der Waals surface area (Å²) in [5, 5.41) is 10.9. The predicted octanol–water partition coefficient (Wildman–Crippen LogP) is 12.3. The monoisotopic (exact) mass is 743 g/mol. The minimum absolute atomic E-state index is 0. The Hall–Kier alpha value is 0.471. The van der Waals surface area contributed by atoms with Crippen molar-refractivity contribution >= 4 is 56.7 Å². The normalized spacial score (nSPS) is 14.2. The minimum Gasteiger partial charge on any atom is -0.437 e. The van der Waals surface area contributed by atoms with E-state index in [2.05, 4.69) is 72.5 Å². The number of ketones is 1. The van der Waals surface area contributed by atoms with E-state index in [0.29, 0.717) is 12.5 Å². The van der Waals surface area contributed by atoms with Crippen molar-refractivity contribution in [2.75, 3.05) is 0 Å². The number of hydrogen-bond acceptors (Lipinski definition) is 7. The molecule has 3 atom stereocenters. The van der Waals surface area contributed by atoms with E-state index in [-0.39, 0.29) is 71.2 Å². The third-order valence-electron chi connectivity index (χ3n) is 4.53. The third kappa shape index (κ3) is 36.9. The molecule has 0 saturated carbocycles. The first-order valence-electron chi connectivity index (χ1n) is 13.1. The van der Waals surface area contributed by atoms with Gasteiger partial charge >= 0.3 is 34.2 Å². The molecule has 0 aliphatic rings. The Kier molecular flexibility index (Phi) is 45.8. The second kappa shape index (κ2) is 28.5. The standard InChI is InChI=1S/C21H54O7Si6.C2H4.8CH4/c1-15-16-17-21(23)19-34(14,27-32(11,12)25-30(6,7)8)28-33(13,18-20(2)22)26-31(9,10)24-29(3,4)5;1-2;;;;;;;;/h21,23H,15-19H2,1-14H3;1-2H2;8*1H4. The molecule has 0 bridgehead atoms. The van der Waals surface area contributed by atoms with Crippen LogP contribution in [0, 0.1) is 0 Å². The van der Waals surface area contributed by atoms with E-state index in [0.717, 1.165) is 12.8 Å². The average molecular weight is 744 g/mol. The maximum absolute atomic E-state index is 12.3. The van der Waals surface area contributed by atoms with Crippen molar-refractivity contribution in [1.82, 2.24) is 0 Å². The number of rotatable bonds is 17. The van der Waals surface area contributed by atoms with Gasteiger partial charge in [-0.2, -0.15) is 0 Å². The van der Waals surface area contributed by atoms with Crippen molar-refractivity contribution in [1.29, 1.82) is 0 Å². The molecule has 3 unspecified atom stereocenters. The smallest absolute Gasteiger partial charge is 0.324 e. The highest BCUT2D eigenvalue weighted by Gasteiger charge is 2.51. The fourth-order valence-electron chi connectivity index (χ4n) is 4.63. The Morgan fingerprint density at radius 2 is 0.932 bits per heavy atom. The van der Waals surface area contributed by atoms with Gasteiger partial charge in [0.05, 0.1) is 6.10 Å². The zero-order valence-corrected chi connectivity index (χ0v) is 31.9. The molecule has 44 heavy (non-hydrogen) atoms. The van der Waals surface area contributed by atoms with Gasteiger partial charge in [0.1, 0.15) is 5.78 Å². The lowest BCUT2D eigenvalue weighted by molar-refractivity contribution is -0.115.